The molecule has 0 aliphatic carbocycles. The number of carbonyl (C=O) groups excluding carboxylic acids is 2. The Morgan fingerprint density at radius 1 is 1.03 bits per heavy atom. The van der Waals surface area contributed by atoms with E-state index in [9.17, 15) is 14.0 Å². The van der Waals surface area contributed by atoms with Crippen molar-refractivity contribution in [1.82, 2.24) is 15.8 Å². The van der Waals surface area contributed by atoms with Crippen molar-refractivity contribution >= 4 is 17.4 Å². The fourth-order valence-corrected chi connectivity index (χ4v) is 4.09. The van der Waals surface area contributed by atoms with Gasteiger partial charge >= 0.3 is 0 Å². The molecule has 0 radical (unpaired) electrons. The summed E-state index contributed by atoms with van der Waals surface area (Å²) in [7, 11) is 0. The Balaban J connectivity index is 1.40. The number of hydrogen-bond donors (Lipinski definition) is 2. The van der Waals surface area contributed by atoms with Gasteiger partial charge in [0.2, 0.25) is 5.91 Å². The maximum atomic E-state index is 14.4. The van der Waals surface area contributed by atoms with Gasteiger partial charge in [-0.1, -0.05) is 30.3 Å². The molecule has 2 atom stereocenters. The minimum Gasteiger partial charge on any atom is -0.366 e. The van der Waals surface area contributed by atoms with Crippen molar-refractivity contribution in [2.24, 2.45) is 5.92 Å². The van der Waals surface area contributed by atoms with Crippen LogP contribution in [0.4, 0.5) is 10.1 Å². The van der Waals surface area contributed by atoms with E-state index in [1.165, 1.54) is 13.0 Å². The summed E-state index contributed by atoms with van der Waals surface area (Å²) in [5.74, 6) is -0.609. The van der Waals surface area contributed by atoms with Gasteiger partial charge in [0.25, 0.3) is 0 Å². The van der Waals surface area contributed by atoms with Crippen LogP contribution in [0.15, 0.2) is 48.5 Å². The zero-order valence-corrected chi connectivity index (χ0v) is 16.4. The van der Waals surface area contributed by atoms with Crippen LogP contribution in [0.2, 0.25) is 0 Å². The molecule has 2 N–H and O–H groups in total. The SMILES string of the molecule is CC(=O)c1ccc(N2CCN(C(=O)C3CNNC3c3ccccc3)CC2)c(F)c1. The second-order valence-electron chi connectivity index (χ2n) is 7.55. The molecule has 0 saturated carbocycles. The average Bonchev–Trinajstić information content (AvgIpc) is 3.24. The zero-order valence-electron chi connectivity index (χ0n) is 16.4. The third kappa shape index (κ3) is 4.02. The van der Waals surface area contributed by atoms with Gasteiger partial charge in [0.05, 0.1) is 17.6 Å². The van der Waals surface area contributed by atoms with Crippen LogP contribution in [-0.4, -0.2) is 49.3 Å². The normalized spacial score (nSPS) is 22.0. The quantitative estimate of drug-likeness (QED) is 0.776. The van der Waals surface area contributed by atoms with Gasteiger partial charge in [-0.15, -0.1) is 0 Å². The number of amides is 1. The summed E-state index contributed by atoms with van der Waals surface area (Å²) in [6.07, 6.45) is 0. The van der Waals surface area contributed by atoms with Crippen LogP contribution in [-0.2, 0) is 4.79 Å². The summed E-state index contributed by atoms with van der Waals surface area (Å²) >= 11 is 0. The minimum absolute atomic E-state index is 0.0571. The first-order valence-corrected chi connectivity index (χ1v) is 9.92. The molecule has 152 valence electrons. The fourth-order valence-electron chi connectivity index (χ4n) is 4.09. The second-order valence-corrected chi connectivity index (χ2v) is 7.55. The lowest BCUT2D eigenvalue weighted by Gasteiger charge is -2.37. The van der Waals surface area contributed by atoms with Gasteiger partial charge in [-0.2, -0.15) is 0 Å². The van der Waals surface area contributed by atoms with Crippen LogP contribution in [0, 0.1) is 11.7 Å². The Hall–Kier alpha value is -2.77. The highest BCUT2D eigenvalue weighted by Gasteiger charge is 2.37. The number of carbonyl (C=O) groups is 2. The van der Waals surface area contributed by atoms with Crippen LogP contribution in [0.3, 0.4) is 0 Å². The van der Waals surface area contributed by atoms with Gasteiger partial charge in [0.1, 0.15) is 5.82 Å². The molecule has 0 spiro atoms. The Kier molecular flexibility index (Phi) is 5.60. The first kappa shape index (κ1) is 19.5. The smallest absolute Gasteiger partial charge is 0.229 e. The monoisotopic (exact) mass is 396 g/mol. The van der Waals surface area contributed by atoms with E-state index < -0.39 is 5.82 Å². The summed E-state index contributed by atoms with van der Waals surface area (Å²) in [5.41, 5.74) is 8.26. The molecule has 1 amide bonds. The van der Waals surface area contributed by atoms with Crippen LogP contribution in [0.5, 0.6) is 0 Å². The van der Waals surface area contributed by atoms with Crippen LogP contribution < -0.4 is 15.8 Å². The highest BCUT2D eigenvalue weighted by Crippen LogP contribution is 2.28. The summed E-state index contributed by atoms with van der Waals surface area (Å²) in [6.45, 7) is 4.22. The summed E-state index contributed by atoms with van der Waals surface area (Å²) in [6, 6.07) is 14.5. The summed E-state index contributed by atoms with van der Waals surface area (Å²) in [5, 5.41) is 0. The summed E-state index contributed by atoms with van der Waals surface area (Å²) < 4.78 is 14.4. The average molecular weight is 396 g/mol. The van der Waals surface area contributed by atoms with Gasteiger partial charge in [-0.05, 0) is 30.7 Å². The molecule has 7 heteroatoms. The lowest BCUT2D eigenvalue weighted by Crippen LogP contribution is -2.51. The lowest BCUT2D eigenvalue weighted by molar-refractivity contribution is -0.135. The molecule has 0 bridgehead atoms. The van der Waals surface area contributed by atoms with E-state index in [-0.39, 0.29) is 23.7 Å². The van der Waals surface area contributed by atoms with Crippen LogP contribution >= 0.6 is 0 Å². The topological polar surface area (TPSA) is 64.7 Å². The molecule has 0 aromatic heterocycles. The van der Waals surface area contributed by atoms with E-state index in [1.54, 1.807) is 12.1 Å². The van der Waals surface area contributed by atoms with Crippen molar-refractivity contribution in [1.29, 1.82) is 0 Å². The maximum Gasteiger partial charge on any atom is 0.229 e. The predicted octanol–water partition coefficient (Wildman–Crippen LogP) is 2.14. The van der Waals surface area contributed by atoms with Crippen molar-refractivity contribution in [2.75, 3.05) is 37.6 Å². The van der Waals surface area contributed by atoms with Crippen LogP contribution in [0.25, 0.3) is 0 Å². The van der Waals surface area contributed by atoms with Crippen molar-refractivity contribution in [3.63, 3.8) is 0 Å². The maximum absolute atomic E-state index is 14.4. The molecule has 2 aliphatic rings. The number of benzene rings is 2. The Labute approximate surface area is 169 Å². The highest BCUT2D eigenvalue weighted by molar-refractivity contribution is 5.94. The van der Waals surface area contributed by atoms with Crippen molar-refractivity contribution < 1.29 is 14.0 Å². The van der Waals surface area contributed by atoms with E-state index in [1.807, 2.05) is 40.1 Å². The number of hydrogen-bond acceptors (Lipinski definition) is 5. The van der Waals surface area contributed by atoms with Crippen LogP contribution in [0.1, 0.15) is 28.9 Å². The molecule has 2 aliphatic heterocycles. The fraction of sp³-hybridized carbons (Fsp3) is 0.364. The largest absolute Gasteiger partial charge is 0.366 e. The van der Waals surface area contributed by atoms with Crippen molar-refractivity contribution in [3.8, 4) is 0 Å². The molecular formula is C22H25FN4O2. The third-order valence-electron chi connectivity index (χ3n) is 5.74. The summed E-state index contributed by atoms with van der Waals surface area (Å²) in [4.78, 5) is 28.4. The third-order valence-corrected chi connectivity index (χ3v) is 5.74. The first-order valence-electron chi connectivity index (χ1n) is 9.92. The number of halogens is 1. The Bertz CT molecular complexity index is 897. The van der Waals surface area contributed by atoms with Crippen molar-refractivity contribution in [2.45, 2.75) is 13.0 Å². The number of piperazine rings is 1. The number of anilines is 1. The molecular weight excluding hydrogens is 371 g/mol. The molecule has 2 heterocycles. The molecule has 2 fully saturated rings. The van der Waals surface area contributed by atoms with Crippen molar-refractivity contribution in [3.05, 3.63) is 65.5 Å². The van der Waals surface area contributed by atoms with E-state index in [0.717, 1.165) is 5.56 Å². The number of nitrogens with zero attached hydrogens (tertiary/aromatic N) is 2. The van der Waals surface area contributed by atoms with Gasteiger partial charge in [-0.3, -0.25) is 15.0 Å². The second kappa shape index (κ2) is 8.31. The zero-order chi connectivity index (χ0) is 20.4. The molecule has 2 aromatic carbocycles. The Morgan fingerprint density at radius 2 is 1.76 bits per heavy atom. The van der Waals surface area contributed by atoms with Gasteiger partial charge in [0, 0.05) is 38.3 Å². The van der Waals surface area contributed by atoms with Gasteiger partial charge in [-0.25, -0.2) is 9.82 Å². The molecule has 6 nitrogen and oxygen atoms in total. The van der Waals surface area contributed by atoms with Gasteiger partial charge in [0.15, 0.2) is 5.78 Å². The number of rotatable bonds is 4. The molecule has 2 unspecified atom stereocenters. The van der Waals surface area contributed by atoms with E-state index in [4.69, 9.17) is 0 Å². The number of hydrazine groups is 1. The predicted molar refractivity (Wildman–Crippen MR) is 109 cm³/mol. The van der Waals surface area contributed by atoms with E-state index in [2.05, 4.69) is 10.9 Å². The number of Topliss-reactive ketones (excluding diaryl/α,β-unsaturated/α-hetero) is 1. The highest BCUT2D eigenvalue weighted by atomic mass is 19.1. The molecule has 29 heavy (non-hydrogen) atoms. The lowest BCUT2D eigenvalue weighted by atomic mass is 9.93. The Morgan fingerprint density at radius 3 is 2.41 bits per heavy atom. The number of nitrogens with one attached hydrogen (secondary N) is 2. The standard InChI is InChI=1S/C22H25FN4O2/c1-15(28)17-7-8-20(19(23)13-17)26-9-11-27(12-10-26)22(29)18-14-24-25-21(18)16-5-3-2-4-6-16/h2-8,13,18,21,24-25H,9-12,14H2,1H3. The molecule has 2 saturated heterocycles. The van der Waals surface area contributed by atoms with Gasteiger partial charge < -0.3 is 9.80 Å². The minimum atomic E-state index is -0.397. The number of ketones is 1. The first-order chi connectivity index (χ1) is 14.0. The van der Waals surface area contributed by atoms with E-state index >= 15 is 0 Å². The molecule has 4 rings (SSSR count). The molecule has 2 aromatic rings. The van der Waals surface area contributed by atoms with E-state index in [0.29, 0.717) is 44.0 Å².